The van der Waals surface area contributed by atoms with E-state index in [-0.39, 0.29) is 16.3 Å². The fourth-order valence-corrected chi connectivity index (χ4v) is 27.7. The Balaban J connectivity index is 1.79. The van der Waals surface area contributed by atoms with Gasteiger partial charge in [-0.1, -0.05) is 0 Å². The molecule has 2 heteroatoms. The Labute approximate surface area is 228 Å². The van der Waals surface area contributed by atoms with E-state index in [1.54, 1.807) is 44.5 Å². The van der Waals surface area contributed by atoms with E-state index in [0.717, 1.165) is 3.63 Å². The Morgan fingerprint density at radius 1 is 0.778 bits per heavy atom. The van der Waals surface area contributed by atoms with Gasteiger partial charge in [-0.2, -0.15) is 0 Å². The van der Waals surface area contributed by atoms with Crippen LogP contribution in [0.1, 0.15) is 99.7 Å². The van der Waals surface area contributed by atoms with Gasteiger partial charge in [0.25, 0.3) is 0 Å². The summed E-state index contributed by atoms with van der Waals surface area (Å²) in [5.41, 5.74) is 16.0. The molecule has 2 aromatic carbocycles. The van der Waals surface area contributed by atoms with Gasteiger partial charge in [0, 0.05) is 0 Å². The Bertz CT molecular complexity index is 1350. The average Bonchev–Trinajstić information content (AvgIpc) is 3.29. The van der Waals surface area contributed by atoms with E-state index >= 15 is 0 Å². The summed E-state index contributed by atoms with van der Waals surface area (Å²) >= 11 is -1.98. The molecule has 0 saturated heterocycles. The van der Waals surface area contributed by atoms with Crippen LogP contribution in [-0.4, -0.2) is 5.43 Å². The molecule has 3 aliphatic carbocycles. The molecule has 1 atom stereocenters. The topological polar surface area (TPSA) is 0 Å². The maximum atomic E-state index is 2.77. The van der Waals surface area contributed by atoms with Crippen molar-refractivity contribution in [1.29, 1.82) is 0 Å². The van der Waals surface area contributed by atoms with Gasteiger partial charge in [-0.05, 0) is 0 Å². The van der Waals surface area contributed by atoms with E-state index in [9.17, 15) is 0 Å². The van der Waals surface area contributed by atoms with Crippen molar-refractivity contribution in [3.8, 4) is 0 Å². The molecule has 0 nitrogen and oxygen atoms in total. The van der Waals surface area contributed by atoms with Crippen molar-refractivity contribution in [2.75, 3.05) is 0 Å². The minimum atomic E-state index is -1.98. The van der Waals surface area contributed by atoms with Crippen LogP contribution in [0, 0.1) is 0 Å². The second kappa shape index (κ2) is 9.20. The summed E-state index contributed by atoms with van der Waals surface area (Å²) in [7, 11) is 0. The van der Waals surface area contributed by atoms with Crippen molar-refractivity contribution in [3.05, 3.63) is 98.7 Å². The quantitative estimate of drug-likeness (QED) is 0.322. The van der Waals surface area contributed by atoms with E-state index in [1.165, 1.54) is 24.0 Å². The Hall–Kier alpha value is -1.24. The number of allylic oxidation sites excluding steroid dienone is 5. The van der Waals surface area contributed by atoms with Gasteiger partial charge in [0.15, 0.2) is 0 Å². The first-order valence-electron chi connectivity index (χ1n) is 13.8. The zero-order valence-corrected chi connectivity index (χ0v) is 27.6. The molecule has 1 unspecified atom stereocenters. The Morgan fingerprint density at radius 2 is 1.31 bits per heavy atom. The van der Waals surface area contributed by atoms with Gasteiger partial charge in [-0.25, -0.2) is 0 Å². The van der Waals surface area contributed by atoms with Crippen molar-refractivity contribution in [1.82, 2.24) is 0 Å². The van der Waals surface area contributed by atoms with E-state index in [0.29, 0.717) is 3.63 Å². The summed E-state index contributed by atoms with van der Waals surface area (Å²) in [6, 6.07) is 16.6. The predicted molar refractivity (Wildman–Crippen MR) is 156 cm³/mol. The molecule has 5 rings (SSSR count). The number of hydrogen-bond donors (Lipinski definition) is 0. The normalized spacial score (nSPS) is 22.5. The van der Waals surface area contributed by atoms with Crippen LogP contribution in [0.5, 0.6) is 0 Å². The first kappa shape index (κ1) is 26.4. The third kappa shape index (κ3) is 4.10. The molecule has 0 fully saturated rings. The molecule has 36 heavy (non-hydrogen) atoms. The third-order valence-electron chi connectivity index (χ3n) is 9.90. The SMILES string of the molecule is CC1=C(C)[CH]([Zr]([CH]2C=C(c3ccccc3)c3cc4c(cc32)C(C)(C)CCC4(C)C)=[Si](C)C)C(C)=C1C. The molecule has 0 amide bonds. The van der Waals surface area contributed by atoms with Crippen molar-refractivity contribution >= 4 is 11.0 Å². The molecular weight excluding hydrogens is 528 g/mol. The van der Waals surface area contributed by atoms with E-state index < -0.39 is 20.4 Å². The molecule has 0 bridgehead atoms. The molecule has 0 heterocycles. The van der Waals surface area contributed by atoms with Gasteiger partial charge >= 0.3 is 229 Å². The summed E-state index contributed by atoms with van der Waals surface area (Å²) < 4.78 is 1.43. The molecule has 2 aromatic rings. The Kier molecular flexibility index (Phi) is 6.74. The fourth-order valence-electron chi connectivity index (χ4n) is 7.19. The van der Waals surface area contributed by atoms with E-state index in [2.05, 4.69) is 117 Å². The van der Waals surface area contributed by atoms with Gasteiger partial charge < -0.3 is 0 Å². The van der Waals surface area contributed by atoms with Gasteiger partial charge in [-0.15, -0.1) is 0 Å². The minimum absolute atomic E-state index is 0.240. The molecule has 0 spiro atoms. The zero-order valence-electron chi connectivity index (χ0n) is 24.2. The molecular formula is C34H44SiZr. The van der Waals surface area contributed by atoms with Crippen LogP contribution in [0.2, 0.25) is 16.7 Å². The van der Waals surface area contributed by atoms with Gasteiger partial charge in [0.05, 0.1) is 0 Å². The van der Waals surface area contributed by atoms with Crippen LogP contribution >= 0.6 is 0 Å². The number of rotatable bonds is 3. The van der Waals surface area contributed by atoms with Crippen molar-refractivity contribution in [3.63, 3.8) is 0 Å². The van der Waals surface area contributed by atoms with Crippen LogP contribution in [0.15, 0.2) is 70.8 Å². The standard InChI is InChI=1S/C23H25.C9H13.C2H6Si.Zr/c1-22(2)12-13-23(3,4)21-15-19-17(14-20(21)22)10-11-18(19)16-8-6-5-7-9-16;1-6-5-7(2)9(4)8(6)3;1-3-2;/h5-11,14-15H,12-13H2,1-4H3;5H,1-4H3;1-2H3;. The fraction of sp³-hybridized carbons (Fsp3) is 0.471. The zero-order chi connectivity index (χ0) is 26.2. The summed E-state index contributed by atoms with van der Waals surface area (Å²) in [6.07, 6.45) is 5.32. The summed E-state index contributed by atoms with van der Waals surface area (Å²) in [4.78, 5) is 0. The van der Waals surface area contributed by atoms with E-state index in [4.69, 9.17) is 0 Å². The van der Waals surface area contributed by atoms with Crippen LogP contribution in [0.3, 0.4) is 0 Å². The first-order chi connectivity index (χ1) is 16.8. The van der Waals surface area contributed by atoms with Gasteiger partial charge in [-0.3, -0.25) is 0 Å². The molecule has 0 aliphatic heterocycles. The van der Waals surface area contributed by atoms with E-state index in [1.807, 2.05) is 0 Å². The summed E-state index contributed by atoms with van der Waals surface area (Å²) in [6.45, 7) is 24.9. The summed E-state index contributed by atoms with van der Waals surface area (Å²) in [5, 5.41) is 0. The van der Waals surface area contributed by atoms with Crippen molar-refractivity contribution in [2.24, 2.45) is 0 Å². The molecule has 3 aliphatic rings. The van der Waals surface area contributed by atoms with Crippen LogP contribution in [0.4, 0.5) is 0 Å². The third-order valence-corrected chi connectivity index (χ3v) is 29.6. The first-order valence-corrected chi connectivity index (χ1v) is 22.9. The maximum absolute atomic E-state index is 2.77. The monoisotopic (exact) mass is 570 g/mol. The second-order valence-electron chi connectivity index (χ2n) is 13.2. The van der Waals surface area contributed by atoms with Gasteiger partial charge in [0.1, 0.15) is 0 Å². The van der Waals surface area contributed by atoms with Crippen LogP contribution in [0.25, 0.3) is 5.57 Å². The number of hydrogen-bond acceptors (Lipinski definition) is 0. The molecule has 0 N–H and O–H groups in total. The Morgan fingerprint density at radius 3 is 1.83 bits per heavy atom. The number of benzene rings is 2. The van der Waals surface area contributed by atoms with Gasteiger partial charge in [0.2, 0.25) is 0 Å². The second-order valence-corrected chi connectivity index (χ2v) is 31.2. The molecule has 0 radical (unpaired) electrons. The van der Waals surface area contributed by atoms with Crippen LogP contribution in [-0.2, 0) is 31.2 Å². The summed E-state index contributed by atoms with van der Waals surface area (Å²) in [5.74, 6) is 0. The molecule has 188 valence electrons. The predicted octanol–water partition coefficient (Wildman–Crippen LogP) is 9.87. The van der Waals surface area contributed by atoms with Crippen molar-refractivity contribution in [2.45, 2.75) is 99.4 Å². The average molecular weight is 572 g/mol. The number of fused-ring (bicyclic) bond motifs is 2. The van der Waals surface area contributed by atoms with Crippen LogP contribution < -0.4 is 0 Å². The molecule has 0 saturated carbocycles. The van der Waals surface area contributed by atoms with Crippen molar-refractivity contribution < 1.29 is 20.4 Å². The molecule has 0 aromatic heterocycles.